The Kier molecular flexibility index (Phi) is 5.59. The van der Waals surface area contributed by atoms with Crippen molar-refractivity contribution in [3.05, 3.63) is 71.2 Å². The van der Waals surface area contributed by atoms with Crippen molar-refractivity contribution in [2.24, 2.45) is 0 Å². The summed E-state index contributed by atoms with van der Waals surface area (Å²) < 4.78 is 5.21. The van der Waals surface area contributed by atoms with E-state index < -0.39 is 18.0 Å². The number of esters is 1. The van der Waals surface area contributed by atoms with Crippen LogP contribution in [0, 0.1) is 11.3 Å². The first-order chi connectivity index (χ1) is 13.1. The fourth-order valence-electron chi connectivity index (χ4n) is 2.23. The SMILES string of the molecule is C[C@@H](OC(=O)c1csc(-c2ccccc2)n1)C(=O)Nc1ccc(C#N)cc1. The second-order valence-corrected chi connectivity index (χ2v) is 6.49. The first-order valence-electron chi connectivity index (χ1n) is 8.10. The first-order valence-corrected chi connectivity index (χ1v) is 8.98. The summed E-state index contributed by atoms with van der Waals surface area (Å²) in [6.45, 7) is 1.49. The van der Waals surface area contributed by atoms with E-state index in [0.29, 0.717) is 16.3 Å². The number of rotatable bonds is 5. The number of benzene rings is 2. The molecular weight excluding hydrogens is 362 g/mol. The lowest BCUT2D eigenvalue weighted by atomic mass is 10.2. The zero-order valence-electron chi connectivity index (χ0n) is 14.4. The van der Waals surface area contributed by atoms with E-state index in [1.807, 2.05) is 36.4 Å². The fraction of sp³-hybridized carbons (Fsp3) is 0.100. The third kappa shape index (κ3) is 4.57. The van der Waals surface area contributed by atoms with Gasteiger partial charge in [-0.15, -0.1) is 11.3 Å². The van der Waals surface area contributed by atoms with E-state index in [1.54, 1.807) is 29.6 Å². The predicted octanol–water partition coefficient (Wildman–Crippen LogP) is 3.87. The van der Waals surface area contributed by atoms with Crippen LogP contribution in [0.1, 0.15) is 23.0 Å². The lowest BCUT2D eigenvalue weighted by Gasteiger charge is -2.12. The Hall–Kier alpha value is -3.50. The fourth-order valence-corrected chi connectivity index (χ4v) is 3.02. The number of carbonyl (C=O) groups excluding carboxylic acids is 2. The third-order valence-electron chi connectivity index (χ3n) is 3.67. The molecule has 3 rings (SSSR count). The molecule has 0 aliphatic heterocycles. The maximum atomic E-state index is 12.2. The number of anilines is 1. The Morgan fingerprint density at radius 3 is 2.52 bits per heavy atom. The summed E-state index contributed by atoms with van der Waals surface area (Å²) in [5.74, 6) is -1.12. The van der Waals surface area contributed by atoms with Gasteiger partial charge < -0.3 is 10.1 Å². The van der Waals surface area contributed by atoms with E-state index in [4.69, 9.17) is 10.00 Å². The molecule has 1 atom stereocenters. The Morgan fingerprint density at radius 2 is 1.85 bits per heavy atom. The topological polar surface area (TPSA) is 92.1 Å². The number of carbonyl (C=O) groups is 2. The first kappa shape index (κ1) is 18.3. The zero-order valence-corrected chi connectivity index (χ0v) is 15.2. The highest BCUT2D eigenvalue weighted by Gasteiger charge is 2.21. The zero-order chi connectivity index (χ0) is 19.2. The van der Waals surface area contributed by atoms with Gasteiger partial charge >= 0.3 is 5.97 Å². The highest BCUT2D eigenvalue weighted by atomic mass is 32.1. The van der Waals surface area contributed by atoms with Crippen molar-refractivity contribution in [2.75, 3.05) is 5.32 Å². The molecule has 1 heterocycles. The molecule has 0 saturated heterocycles. The summed E-state index contributed by atoms with van der Waals surface area (Å²) in [4.78, 5) is 28.7. The molecule has 2 aromatic carbocycles. The molecular formula is C20H15N3O3S. The standard InChI is InChI=1S/C20H15N3O3S/c1-13(18(24)22-16-9-7-14(11-21)8-10-16)26-20(25)17-12-27-19(23-17)15-5-3-2-4-6-15/h2-10,12-13H,1H3,(H,22,24)/t13-/m1/s1. The number of hydrogen-bond donors (Lipinski definition) is 1. The van der Waals surface area contributed by atoms with Crippen molar-refractivity contribution in [1.29, 1.82) is 5.26 Å². The highest BCUT2D eigenvalue weighted by Crippen LogP contribution is 2.23. The molecule has 1 N–H and O–H groups in total. The van der Waals surface area contributed by atoms with Gasteiger partial charge in [0, 0.05) is 16.6 Å². The number of nitriles is 1. The van der Waals surface area contributed by atoms with Crippen LogP contribution in [-0.2, 0) is 9.53 Å². The number of hydrogen-bond acceptors (Lipinski definition) is 6. The lowest BCUT2D eigenvalue weighted by Crippen LogP contribution is -2.30. The van der Waals surface area contributed by atoms with Gasteiger partial charge in [0.2, 0.25) is 0 Å². The van der Waals surface area contributed by atoms with Crippen molar-refractivity contribution in [2.45, 2.75) is 13.0 Å². The van der Waals surface area contributed by atoms with Crippen LogP contribution in [0.4, 0.5) is 5.69 Å². The van der Waals surface area contributed by atoms with Crippen molar-refractivity contribution in [1.82, 2.24) is 4.98 Å². The van der Waals surface area contributed by atoms with Gasteiger partial charge in [-0.1, -0.05) is 30.3 Å². The van der Waals surface area contributed by atoms with Gasteiger partial charge in [-0.3, -0.25) is 4.79 Å². The average molecular weight is 377 g/mol. The molecule has 0 aliphatic rings. The molecule has 0 saturated carbocycles. The number of ether oxygens (including phenoxy) is 1. The average Bonchev–Trinajstić information content (AvgIpc) is 3.19. The van der Waals surface area contributed by atoms with Gasteiger partial charge in [0.25, 0.3) is 5.91 Å². The predicted molar refractivity (Wildman–Crippen MR) is 102 cm³/mol. The molecule has 0 bridgehead atoms. The summed E-state index contributed by atoms with van der Waals surface area (Å²) in [6.07, 6.45) is -0.991. The minimum atomic E-state index is -0.991. The molecule has 0 fully saturated rings. The van der Waals surface area contributed by atoms with Crippen LogP contribution in [0.2, 0.25) is 0 Å². The lowest BCUT2D eigenvalue weighted by molar-refractivity contribution is -0.123. The second-order valence-electron chi connectivity index (χ2n) is 5.63. The molecule has 0 spiro atoms. The van der Waals surface area contributed by atoms with Crippen LogP contribution in [0.3, 0.4) is 0 Å². The Bertz CT molecular complexity index is 991. The summed E-state index contributed by atoms with van der Waals surface area (Å²) in [5, 5.41) is 13.7. The molecule has 7 heteroatoms. The normalized spacial score (nSPS) is 11.3. The maximum absolute atomic E-state index is 12.2. The van der Waals surface area contributed by atoms with Gasteiger partial charge in [-0.05, 0) is 31.2 Å². The maximum Gasteiger partial charge on any atom is 0.358 e. The number of amides is 1. The van der Waals surface area contributed by atoms with Crippen molar-refractivity contribution in [3.8, 4) is 16.6 Å². The van der Waals surface area contributed by atoms with Crippen LogP contribution in [0.25, 0.3) is 10.6 Å². The van der Waals surface area contributed by atoms with Crippen LogP contribution >= 0.6 is 11.3 Å². The van der Waals surface area contributed by atoms with Crippen molar-refractivity contribution in [3.63, 3.8) is 0 Å². The van der Waals surface area contributed by atoms with E-state index in [1.165, 1.54) is 18.3 Å². The van der Waals surface area contributed by atoms with Gasteiger partial charge in [0.05, 0.1) is 11.6 Å². The van der Waals surface area contributed by atoms with Crippen LogP contribution in [-0.4, -0.2) is 23.0 Å². The van der Waals surface area contributed by atoms with Gasteiger partial charge in [-0.25, -0.2) is 9.78 Å². The van der Waals surface area contributed by atoms with E-state index in [-0.39, 0.29) is 5.69 Å². The Balaban J connectivity index is 1.60. The summed E-state index contributed by atoms with van der Waals surface area (Å²) in [5.41, 5.74) is 2.08. The van der Waals surface area contributed by atoms with Gasteiger partial charge in [0.15, 0.2) is 11.8 Å². The van der Waals surface area contributed by atoms with Gasteiger partial charge in [0.1, 0.15) is 5.01 Å². The third-order valence-corrected chi connectivity index (χ3v) is 4.56. The minimum Gasteiger partial charge on any atom is -0.448 e. The molecule has 0 unspecified atom stereocenters. The molecule has 1 amide bonds. The van der Waals surface area contributed by atoms with E-state index >= 15 is 0 Å². The Morgan fingerprint density at radius 1 is 1.15 bits per heavy atom. The molecule has 134 valence electrons. The minimum absolute atomic E-state index is 0.164. The Labute approximate surface area is 160 Å². The summed E-state index contributed by atoms with van der Waals surface area (Å²) >= 11 is 1.33. The van der Waals surface area contributed by atoms with E-state index in [9.17, 15) is 9.59 Å². The highest BCUT2D eigenvalue weighted by molar-refractivity contribution is 7.13. The summed E-state index contributed by atoms with van der Waals surface area (Å²) in [6, 6.07) is 17.9. The number of thiazole rings is 1. The molecule has 27 heavy (non-hydrogen) atoms. The van der Waals surface area contributed by atoms with E-state index in [2.05, 4.69) is 10.3 Å². The van der Waals surface area contributed by atoms with Crippen LogP contribution in [0.5, 0.6) is 0 Å². The molecule has 3 aromatic rings. The molecule has 0 radical (unpaired) electrons. The quantitative estimate of drug-likeness (QED) is 0.682. The van der Waals surface area contributed by atoms with Crippen molar-refractivity contribution >= 4 is 28.9 Å². The van der Waals surface area contributed by atoms with Crippen LogP contribution in [0.15, 0.2) is 60.0 Å². The molecule has 6 nitrogen and oxygen atoms in total. The monoisotopic (exact) mass is 377 g/mol. The van der Waals surface area contributed by atoms with Gasteiger partial charge in [-0.2, -0.15) is 5.26 Å². The van der Waals surface area contributed by atoms with E-state index in [0.717, 1.165) is 5.56 Å². The largest absolute Gasteiger partial charge is 0.448 e. The van der Waals surface area contributed by atoms with Crippen molar-refractivity contribution < 1.29 is 14.3 Å². The number of nitrogens with one attached hydrogen (secondary N) is 1. The number of aromatic nitrogens is 1. The van der Waals surface area contributed by atoms with Crippen LogP contribution < -0.4 is 5.32 Å². The second kappa shape index (κ2) is 8.25. The summed E-state index contributed by atoms with van der Waals surface area (Å²) in [7, 11) is 0. The smallest absolute Gasteiger partial charge is 0.358 e. The molecule has 0 aliphatic carbocycles. The molecule has 1 aromatic heterocycles. The number of nitrogens with zero attached hydrogens (tertiary/aromatic N) is 2.